The average Bonchev–Trinajstić information content (AvgIpc) is 2.69. The Balaban J connectivity index is 1.65. The molecule has 1 N–H and O–H groups in total. The fourth-order valence-electron chi connectivity index (χ4n) is 3.51. The molecule has 2 aromatic rings. The van der Waals surface area contributed by atoms with Gasteiger partial charge in [-0.15, -0.1) is 0 Å². The van der Waals surface area contributed by atoms with Gasteiger partial charge in [0.2, 0.25) is 0 Å². The molecule has 0 radical (unpaired) electrons. The van der Waals surface area contributed by atoms with Crippen LogP contribution in [0.25, 0.3) is 0 Å². The van der Waals surface area contributed by atoms with E-state index in [2.05, 4.69) is 4.90 Å². The molecule has 2 aromatic carbocycles. The summed E-state index contributed by atoms with van der Waals surface area (Å²) in [5, 5.41) is 9.07. The van der Waals surface area contributed by atoms with Crippen molar-refractivity contribution in [2.75, 3.05) is 26.2 Å². The molecular weight excluding hydrogens is 347 g/mol. The highest BCUT2D eigenvalue weighted by Crippen LogP contribution is 2.27. The van der Waals surface area contributed by atoms with Crippen molar-refractivity contribution in [3.8, 4) is 0 Å². The van der Waals surface area contributed by atoms with E-state index >= 15 is 0 Å². The maximum atomic E-state index is 13.0. The minimum Gasteiger partial charge on any atom is -0.481 e. The number of rotatable bonds is 6. The minimum absolute atomic E-state index is 0.0189. The summed E-state index contributed by atoms with van der Waals surface area (Å²) in [6.07, 6.45) is 0.638. The second-order valence-corrected chi connectivity index (χ2v) is 6.69. The molecule has 1 aliphatic heterocycles. The number of halogens is 1. The quantitative estimate of drug-likeness (QED) is 0.848. The van der Waals surface area contributed by atoms with E-state index in [0.29, 0.717) is 38.2 Å². The van der Waals surface area contributed by atoms with E-state index in [1.165, 1.54) is 24.3 Å². The molecule has 1 heterocycles. The minimum atomic E-state index is -0.805. The zero-order valence-electron chi connectivity index (χ0n) is 15.1. The fourth-order valence-corrected chi connectivity index (χ4v) is 3.51. The van der Waals surface area contributed by atoms with Gasteiger partial charge in [0.05, 0.1) is 0 Å². The van der Waals surface area contributed by atoms with Crippen molar-refractivity contribution in [1.29, 1.82) is 0 Å². The Morgan fingerprint density at radius 1 is 0.963 bits per heavy atom. The van der Waals surface area contributed by atoms with E-state index < -0.39 is 5.97 Å². The third kappa shape index (κ3) is 4.92. The molecule has 1 saturated heterocycles. The van der Waals surface area contributed by atoms with Crippen molar-refractivity contribution < 1.29 is 19.1 Å². The summed E-state index contributed by atoms with van der Waals surface area (Å²) in [6, 6.07) is 15.5. The maximum absolute atomic E-state index is 13.0. The lowest BCUT2D eigenvalue weighted by atomic mass is 9.99. The second kappa shape index (κ2) is 8.77. The van der Waals surface area contributed by atoms with Crippen LogP contribution < -0.4 is 0 Å². The van der Waals surface area contributed by atoms with Crippen LogP contribution in [0.15, 0.2) is 54.6 Å². The number of hydrogen-bond donors (Lipinski definition) is 1. The van der Waals surface area contributed by atoms with Crippen LogP contribution in [0, 0.1) is 5.82 Å². The molecule has 1 fully saturated rings. The van der Waals surface area contributed by atoms with E-state index in [1.807, 2.05) is 30.3 Å². The molecule has 0 bridgehead atoms. The third-order valence-corrected chi connectivity index (χ3v) is 4.95. The Morgan fingerprint density at radius 3 is 2.19 bits per heavy atom. The monoisotopic (exact) mass is 370 g/mol. The van der Waals surface area contributed by atoms with Gasteiger partial charge in [0.1, 0.15) is 5.82 Å². The number of carbonyl (C=O) groups is 2. The lowest BCUT2D eigenvalue weighted by Crippen LogP contribution is -2.49. The Hall–Kier alpha value is -2.73. The number of piperazine rings is 1. The van der Waals surface area contributed by atoms with Gasteiger partial charge in [0, 0.05) is 44.2 Å². The summed E-state index contributed by atoms with van der Waals surface area (Å²) >= 11 is 0. The summed E-state index contributed by atoms with van der Waals surface area (Å²) in [6.45, 7) is 2.47. The van der Waals surface area contributed by atoms with E-state index in [0.717, 1.165) is 5.56 Å². The number of carbonyl (C=O) groups excluding carboxylic acids is 1. The first-order chi connectivity index (χ1) is 13.0. The second-order valence-electron chi connectivity index (χ2n) is 6.69. The number of carboxylic acid groups (broad SMARTS) is 1. The molecule has 5 nitrogen and oxygen atoms in total. The first-order valence-electron chi connectivity index (χ1n) is 9.10. The smallest absolute Gasteiger partial charge is 0.303 e. The highest BCUT2D eigenvalue weighted by atomic mass is 19.1. The SMILES string of the molecule is O=C(O)CC[C@@H](c1ccccc1)N1CCN(C(=O)c2ccc(F)cc2)CC1. The highest BCUT2D eigenvalue weighted by molar-refractivity contribution is 5.94. The first-order valence-corrected chi connectivity index (χ1v) is 9.10. The van der Waals surface area contributed by atoms with Crippen LogP contribution in [0.4, 0.5) is 4.39 Å². The Kier molecular flexibility index (Phi) is 6.19. The Labute approximate surface area is 158 Å². The maximum Gasteiger partial charge on any atom is 0.303 e. The molecule has 1 aliphatic rings. The topological polar surface area (TPSA) is 60.9 Å². The number of carboxylic acids is 1. The predicted molar refractivity (Wildman–Crippen MR) is 99.9 cm³/mol. The van der Waals surface area contributed by atoms with Crippen LogP contribution >= 0.6 is 0 Å². The largest absolute Gasteiger partial charge is 0.481 e. The van der Waals surface area contributed by atoms with E-state index in [-0.39, 0.29) is 24.2 Å². The molecule has 0 aromatic heterocycles. The molecule has 1 amide bonds. The lowest BCUT2D eigenvalue weighted by Gasteiger charge is -2.39. The van der Waals surface area contributed by atoms with Crippen LogP contribution in [0.2, 0.25) is 0 Å². The van der Waals surface area contributed by atoms with Gasteiger partial charge in [-0.2, -0.15) is 0 Å². The molecule has 6 heteroatoms. The molecule has 0 unspecified atom stereocenters. The van der Waals surface area contributed by atoms with Gasteiger partial charge < -0.3 is 10.0 Å². The van der Waals surface area contributed by atoms with Gasteiger partial charge in [-0.05, 0) is 36.2 Å². The predicted octanol–water partition coefficient (Wildman–Crippen LogP) is 3.19. The summed E-state index contributed by atoms with van der Waals surface area (Å²) in [5.74, 6) is -1.27. The molecule has 27 heavy (non-hydrogen) atoms. The van der Waals surface area contributed by atoms with Gasteiger partial charge in [-0.3, -0.25) is 14.5 Å². The van der Waals surface area contributed by atoms with Crippen molar-refractivity contribution in [2.45, 2.75) is 18.9 Å². The van der Waals surface area contributed by atoms with Crippen molar-refractivity contribution in [1.82, 2.24) is 9.80 Å². The van der Waals surface area contributed by atoms with Crippen LogP contribution in [0.5, 0.6) is 0 Å². The van der Waals surface area contributed by atoms with Crippen molar-refractivity contribution in [3.05, 3.63) is 71.5 Å². The summed E-state index contributed by atoms with van der Waals surface area (Å²) in [5.41, 5.74) is 1.58. The Morgan fingerprint density at radius 2 is 1.59 bits per heavy atom. The number of benzene rings is 2. The molecule has 142 valence electrons. The zero-order chi connectivity index (χ0) is 19.2. The van der Waals surface area contributed by atoms with Gasteiger partial charge in [-0.1, -0.05) is 30.3 Å². The zero-order valence-corrected chi connectivity index (χ0v) is 15.1. The summed E-state index contributed by atoms with van der Waals surface area (Å²) < 4.78 is 13.0. The van der Waals surface area contributed by atoms with Crippen LogP contribution in [-0.2, 0) is 4.79 Å². The molecule has 3 rings (SSSR count). The fraction of sp³-hybridized carbons (Fsp3) is 0.333. The van der Waals surface area contributed by atoms with E-state index in [9.17, 15) is 14.0 Å². The van der Waals surface area contributed by atoms with Gasteiger partial charge >= 0.3 is 5.97 Å². The highest BCUT2D eigenvalue weighted by Gasteiger charge is 2.27. The van der Waals surface area contributed by atoms with E-state index in [1.54, 1.807) is 4.90 Å². The Bertz CT molecular complexity index is 772. The van der Waals surface area contributed by atoms with Crippen molar-refractivity contribution in [2.24, 2.45) is 0 Å². The van der Waals surface area contributed by atoms with Crippen molar-refractivity contribution in [3.63, 3.8) is 0 Å². The number of hydrogen-bond acceptors (Lipinski definition) is 3. The summed E-state index contributed by atoms with van der Waals surface area (Å²) in [4.78, 5) is 27.6. The first kappa shape index (κ1) is 19.0. The van der Waals surface area contributed by atoms with Crippen LogP contribution in [0.1, 0.15) is 34.8 Å². The molecule has 0 spiro atoms. The molecular formula is C21H23FN2O3. The van der Waals surface area contributed by atoms with Gasteiger partial charge in [0.15, 0.2) is 0 Å². The van der Waals surface area contributed by atoms with Gasteiger partial charge in [0.25, 0.3) is 5.91 Å². The lowest BCUT2D eigenvalue weighted by molar-refractivity contribution is -0.137. The number of amides is 1. The van der Waals surface area contributed by atoms with E-state index in [4.69, 9.17) is 5.11 Å². The summed E-state index contributed by atoms with van der Waals surface area (Å²) in [7, 11) is 0. The average molecular weight is 370 g/mol. The molecule has 0 aliphatic carbocycles. The standard InChI is InChI=1S/C21H23FN2O3/c22-18-8-6-17(7-9-18)21(27)24-14-12-23(13-15-24)19(10-11-20(25)26)16-4-2-1-3-5-16/h1-9,19H,10-15H2,(H,25,26)/t19-/m0/s1. The van der Waals surface area contributed by atoms with Gasteiger partial charge in [-0.25, -0.2) is 4.39 Å². The number of aliphatic carboxylic acids is 1. The van der Waals surface area contributed by atoms with Crippen molar-refractivity contribution >= 4 is 11.9 Å². The number of nitrogens with zero attached hydrogens (tertiary/aromatic N) is 2. The third-order valence-electron chi connectivity index (χ3n) is 4.95. The van der Waals surface area contributed by atoms with Crippen LogP contribution in [0.3, 0.4) is 0 Å². The molecule has 1 atom stereocenters. The van der Waals surface area contributed by atoms with Crippen LogP contribution in [-0.4, -0.2) is 53.0 Å². The molecule has 0 saturated carbocycles. The normalized spacial score (nSPS) is 16.1.